The van der Waals surface area contributed by atoms with E-state index in [-0.39, 0.29) is 23.7 Å². The Morgan fingerprint density at radius 3 is 1.11 bits per heavy atom. The lowest BCUT2D eigenvalue weighted by Gasteiger charge is -2.59. The third kappa shape index (κ3) is 3.73. The standard InChI is InChI=1S/C33H32O2/c34-32(26-17-9-3-10-18-26)22-28(24-13-5-1-6-14-24)30-21-31(32)29(25-15-7-2-8-16-25)23-33(30,35)27-19-11-4-12-20-27/h1-20,28-31,34-35H,21-23H2/t28-,29-,30+,31+,32-,33+/m1/s1. The highest BCUT2D eigenvalue weighted by Crippen LogP contribution is 2.64. The maximum atomic E-state index is 12.6. The molecule has 6 atom stereocenters. The van der Waals surface area contributed by atoms with Crippen LogP contribution in [0.4, 0.5) is 0 Å². The molecule has 2 saturated carbocycles. The molecule has 0 aromatic heterocycles. The summed E-state index contributed by atoms with van der Waals surface area (Å²) in [6.07, 6.45) is 1.94. The molecule has 0 aliphatic heterocycles. The van der Waals surface area contributed by atoms with Gasteiger partial charge in [-0.15, -0.1) is 0 Å². The van der Waals surface area contributed by atoms with Crippen LogP contribution >= 0.6 is 0 Å². The Morgan fingerprint density at radius 1 is 0.457 bits per heavy atom. The minimum absolute atomic E-state index is 0.0150. The third-order valence-electron chi connectivity index (χ3n) is 8.77. The Morgan fingerprint density at radius 2 is 0.771 bits per heavy atom. The fourth-order valence-electron chi connectivity index (χ4n) is 7.13. The maximum absolute atomic E-state index is 12.6. The van der Waals surface area contributed by atoms with Gasteiger partial charge in [-0.25, -0.2) is 0 Å². The van der Waals surface area contributed by atoms with Gasteiger partial charge >= 0.3 is 0 Å². The predicted molar refractivity (Wildman–Crippen MR) is 140 cm³/mol. The summed E-state index contributed by atoms with van der Waals surface area (Å²) >= 11 is 0. The minimum Gasteiger partial charge on any atom is -0.385 e. The van der Waals surface area contributed by atoms with Crippen LogP contribution in [0.2, 0.25) is 0 Å². The van der Waals surface area contributed by atoms with Gasteiger partial charge in [0.15, 0.2) is 0 Å². The molecule has 4 aromatic carbocycles. The van der Waals surface area contributed by atoms with E-state index in [0.717, 1.165) is 17.5 Å². The van der Waals surface area contributed by atoms with Gasteiger partial charge in [0.05, 0.1) is 11.2 Å². The first kappa shape index (κ1) is 22.3. The Bertz CT molecular complexity index is 1160. The molecular formula is C33H32O2. The summed E-state index contributed by atoms with van der Waals surface area (Å²) in [6, 6.07) is 41.4. The first-order valence-electron chi connectivity index (χ1n) is 12.8. The topological polar surface area (TPSA) is 40.5 Å². The third-order valence-corrected chi connectivity index (χ3v) is 8.77. The number of hydrogen-bond acceptors (Lipinski definition) is 2. The highest BCUT2D eigenvalue weighted by atomic mass is 16.3. The number of benzene rings is 4. The van der Waals surface area contributed by atoms with E-state index in [0.29, 0.717) is 12.8 Å². The predicted octanol–water partition coefficient (Wildman–Crippen LogP) is 6.76. The lowest BCUT2D eigenvalue weighted by atomic mass is 9.48. The summed E-state index contributed by atoms with van der Waals surface area (Å²) in [6.45, 7) is 0. The van der Waals surface area contributed by atoms with Crippen LogP contribution in [0.3, 0.4) is 0 Å². The highest BCUT2D eigenvalue weighted by molar-refractivity contribution is 5.38. The molecule has 35 heavy (non-hydrogen) atoms. The van der Waals surface area contributed by atoms with Gasteiger partial charge in [-0.05, 0) is 65.2 Å². The first-order valence-corrected chi connectivity index (χ1v) is 12.8. The van der Waals surface area contributed by atoms with E-state index in [4.69, 9.17) is 0 Å². The molecule has 2 fully saturated rings. The van der Waals surface area contributed by atoms with Crippen molar-refractivity contribution < 1.29 is 10.2 Å². The fourth-order valence-corrected chi connectivity index (χ4v) is 7.13. The molecule has 2 nitrogen and oxygen atoms in total. The zero-order chi connectivity index (χ0) is 23.9. The molecular weight excluding hydrogens is 428 g/mol. The normalized spacial score (nSPS) is 32.2. The minimum atomic E-state index is -0.975. The second kappa shape index (κ2) is 8.78. The summed E-state index contributed by atoms with van der Waals surface area (Å²) in [5.41, 5.74) is 2.40. The van der Waals surface area contributed by atoms with Crippen LogP contribution in [-0.4, -0.2) is 10.2 Å². The van der Waals surface area contributed by atoms with Gasteiger partial charge in [0.2, 0.25) is 0 Å². The van der Waals surface area contributed by atoms with Gasteiger partial charge < -0.3 is 10.2 Å². The van der Waals surface area contributed by atoms with Crippen molar-refractivity contribution in [1.82, 2.24) is 0 Å². The van der Waals surface area contributed by atoms with E-state index in [1.807, 2.05) is 48.5 Å². The zero-order valence-corrected chi connectivity index (χ0v) is 19.9. The SMILES string of the molecule is O[C@@]1(c2ccccc2)C[C@H](c2ccccc2)[C@@H]2C[C@H]1[C@@H](c1ccccc1)C[C@]2(O)c1ccccc1. The molecule has 2 N–H and O–H groups in total. The van der Waals surface area contributed by atoms with Crippen LogP contribution in [-0.2, 0) is 11.2 Å². The van der Waals surface area contributed by atoms with Gasteiger partial charge in [0.1, 0.15) is 0 Å². The molecule has 0 saturated heterocycles. The summed E-state index contributed by atoms with van der Waals surface area (Å²) in [5, 5.41) is 25.2. The number of aliphatic hydroxyl groups is 2. The van der Waals surface area contributed by atoms with E-state index in [2.05, 4.69) is 72.8 Å². The van der Waals surface area contributed by atoms with Crippen LogP contribution in [0.1, 0.15) is 53.4 Å². The van der Waals surface area contributed by atoms with Crippen LogP contribution in [0, 0.1) is 11.8 Å². The fraction of sp³-hybridized carbons (Fsp3) is 0.273. The lowest BCUT2D eigenvalue weighted by Crippen LogP contribution is -2.56. The van der Waals surface area contributed by atoms with Crippen molar-refractivity contribution in [2.45, 2.75) is 42.3 Å². The molecule has 0 unspecified atom stereocenters. The highest BCUT2D eigenvalue weighted by Gasteiger charge is 2.60. The zero-order valence-electron chi connectivity index (χ0n) is 19.9. The monoisotopic (exact) mass is 460 g/mol. The molecule has 2 aliphatic rings. The van der Waals surface area contributed by atoms with Gasteiger partial charge in [0.25, 0.3) is 0 Å². The second-order valence-corrected chi connectivity index (χ2v) is 10.5. The largest absolute Gasteiger partial charge is 0.385 e. The van der Waals surface area contributed by atoms with Crippen molar-refractivity contribution in [3.63, 3.8) is 0 Å². The maximum Gasteiger partial charge on any atom is 0.0936 e. The van der Waals surface area contributed by atoms with Gasteiger partial charge in [-0.2, -0.15) is 0 Å². The Balaban J connectivity index is 1.54. The molecule has 4 aromatic rings. The van der Waals surface area contributed by atoms with Crippen LogP contribution in [0.5, 0.6) is 0 Å². The summed E-state index contributed by atoms with van der Waals surface area (Å²) in [5.74, 6) is 0.113. The average Bonchev–Trinajstić information content (AvgIpc) is 2.93. The van der Waals surface area contributed by atoms with E-state index in [1.54, 1.807) is 0 Å². The Hall–Kier alpha value is -3.20. The molecule has 0 spiro atoms. The summed E-state index contributed by atoms with van der Waals surface area (Å²) in [4.78, 5) is 0. The lowest BCUT2D eigenvalue weighted by molar-refractivity contribution is -0.174. The smallest absolute Gasteiger partial charge is 0.0936 e. The van der Waals surface area contributed by atoms with Crippen molar-refractivity contribution in [2.24, 2.45) is 11.8 Å². The molecule has 2 aliphatic carbocycles. The number of hydrogen-bond donors (Lipinski definition) is 2. The summed E-state index contributed by atoms with van der Waals surface area (Å²) < 4.78 is 0. The van der Waals surface area contributed by atoms with E-state index >= 15 is 0 Å². The first-order chi connectivity index (χ1) is 17.1. The van der Waals surface area contributed by atoms with Crippen molar-refractivity contribution >= 4 is 0 Å². The quantitative estimate of drug-likeness (QED) is 0.353. The van der Waals surface area contributed by atoms with Crippen molar-refractivity contribution in [1.29, 1.82) is 0 Å². The van der Waals surface area contributed by atoms with Gasteiger partial charge in [-0.3, -0.25) is 0 Å². The van der Waals surface area contributed by atoms with Gasteiger partial charge in [0, 0.05) is 0 Å². The van der Waals surface area contributed by atoms with E-state index < -0.39 is 11.2 Å². The molecule has 2 bridgehead atoms. The van der Waals surface area contributed by atoms with E-state index in [9.17, 15) is 10.2 Å². The molecule has 176 valence electrons. The van der Waals surface area contributed by atoms with Crippen LogP contribution in [0.15, 0.2) is 121 Å². The average molecular weight is 461 g/mol. The van der Waals surface area contributed by atoms with Crippen molar-refractivity contribution in [3.8, 4) is 0 Å². The second-order valence-electron chi connectivity index (χ2n) is 10.5. The molecule has 0 radical (unpaired) electrons. The van der Waals surface area contributed by atoms with Gasteiger partial charge in [-0.1, -0.05) is 121 Å². The Kier molecular flexibility index (Phi) is 5.59. The van der Waals surface area contributed by atoms with Crippen LogP contribution in [0.25, 0.3) is 0 Å². The number of rotatable bonds is 4. The van der Waals surface area contributed by atoms with Crippen LogP contribution < -0.4 is 0 Å². The molecule has 6 rings (SSSR count). The number of fused-ring (bicyclic) bond motifs is 2. The molecule has 2 heteroatoms. The molecule has 0 heterocycles. The Labute approximate surface area is 207 Å². The molecule has 0 amide bonds. The van der Waals surface area contributed by atoms with Crippen molar-refractivity contribution in [3.05, 3.63) is 144 Å². The van der Waals surface area contributed by atoms with Crippen molar-refractivity contribution in [2.75, 3.05) is 0 Å². The summed E-state index contributed by atoms with van der Waals surface area (Å²) in [7, 11) is 0. The van der Waals surface area contributed by atoms with E-state index in [1.165, 1.54) is 11.1 Å².